The minimum atomic E-state index is -0.257. The first-order valence-corrected chi connectivity index (χ1v) is 8.18. The number of carbonyl (C=O) groups excluding carboxylic acids is 1. The van der Waals surface area contributed by atoms with Crippen molar-refractivity contribution in [2.75, 3.05) is 39.1 Å². The van der Waals surface area contributed by atoms with E-state index in [1.807, 2.05) is 17.8 Å². The molecule has 1 aliphatic rings. The van der Waals surface area contributed by atoms with E-state index in [2.05, 4.69) is 37.8 Å². The molecule has 3 heterocycles. The summed E-state index contributed by atoms with van der Waals surface area (Å²) < 4.78 is 8.00. The molecule has 25 heavy (non-hydrogen) atoms. The normalized spacial score (nSPS) is 21.1. The number of nitrogens with one attached hydrogen (secondary N) is 2. The van der Waals surface area contributed by atoms with Crippen LogP contribution in [0.5, 0.6) is 0 Å². The summed E-state index contributed by atoms with van der Waals surface area (Å²) in [5, 5.41) is 13.7. The van der Waals surface area contributed by atoms with Crippen LogP contribution in [0.3, 0.4) is 0 Å². The quantitative estimate of drug-likeness (QED) is 0.790. The van der Waals surface area contributed by atoms with Crippen LogP contribution in [-0.2, 0) is 11.8 Å². The zero-order valence-electron chi connectivity index (χ0n) is 14.6. The number of nitrogens with zero attached hydrogens (tertiary/aromatic N) is 5. The fraction of sp³-hybridized carbons (Fsp3) is 0.500. The van der Waals surface area contributed by atoms with Gasteiger partial charge in [-0.25, -0.2) is 4.98 Å². The number of hydrogen-bond donors (Lipinski definition) is 2. The highest BCUT2D eigenvalue weighted by Gasteiger charge is 2.33. The van der Waals surface area contributed by atoms with Gasteiger partial charge in [-0.05, 0) is 19.2 Å². The molecule has 2 aromatic heterocycles. The van der Waals surface area contributed by atoms with Gasteiger partial charge in [-0.2, -0.15) is 0 Å². The number of ether oxygens (including phenoxy) is 1. The highest BCUT2D eigenvalue weighted by atomic mass is 16.5. The number of hydrogen-bond acceptors (Lipinski definition) is 7. The lowest BCUT2D eigenvalue weighted by molar-refractivity contribution is -0.0578. The van der Waals surface area contributed by atoms with Gasteiger partial charge in [0.15, 0.2) is 5.69 Å². The van der Waals surface area contributed by atoms with Crippen molar-refractivity contribution in [2.24, 2.45) is 7.05 Å². The number of imidazole rings is 1. The zero-order chi connectivity index (χ0) is 17.8. The van der Waals surface area contributed by atoms with Crippen LogP contribution in [0, 0.1) is 0 Å². The Morgan fingerprint density at radius 2 is 2.20 bits per heavy atom. The fourth-order valence-electron chi connectivity index (χ4n) is 2.98. The second-order valence-electron chi connectivity index (χ2n) is 6.03. The van der Waals surface area contributed by atoms with Crippen molar-refractivity contribution in [1.82, 2.24) is 30.0 Å². The van der Waals surface area contributed by atoms with Gasteiger partial charge in [0.25, 0.3) is 5.91 Å². The lowest BCUT2D eigenvalue weighted by Gasteiger charge is -2.39. The zero-order valence-corrected chi connectivity index (χ0v) is 14.6. The largest absolute Gasteiger partial charge is 0.373 e. The number of carbonyl (C=O) groups is 1. The van der Waals surface area contributed by atoms with Gasteiger partial charge in [0, 0.05) is 33.4 Å². The maximum atomic E-state index is 11.5. The standard InChI is InChI=1S/C16H23N7O2/c1-17-16(24)11-4-5-14(21-20-11)19-9-13-15(22(2)6-7-25-13)12-8-18-10-23(12)3/h4-5,8,10,13,15H,6-7,9H2,1-3H3,(H,17,24)(H,19,21)/t13-,15-/m0/s1. The molecule has 2 N–H and O–H groups in total. The van der Waals surface area contributed by atoms with Gasteiger partial charge < -0.3 is 19.9 Å². The van der Waals surface area contributed by atoms with Crippen LogP contribution in [0.15, 0.2) is 24.7 Å². The molecule has 0 spiro atoms. The van der Waals surface area contributed by atoms with E-state index in [0.29, 0.717) is 19.0 Å². The molecule has 3 rings (SSSR count). The highest BCUT2D eigenvalue weighted by Crippen LogP contribution is 2.28. The van der Waals surface area contributed by atoms with Crippen LogP contribution in [0.2, 0.25) is 0 Å². The predicted molar refractivity (Wildman–Crippen MR) is 92.2 cm³/mol. The van der Waals surface area contributed by atoms with Crippen LogP contribution in [-0.4, -0.2) is 70.5 Å². The second-order valence-corrected chi connectivity index (χ2v) is 6.03. The van der Waals surface area contributed by atoms with Gasteiger partial charge in [0.1, 0.15) is 5.82 Å². The third kappa shape index (κ3) is 3.77. The van der Waals surface area contributed by atoms with E-state index in [9.17, 15) is 4.79 Å². The van der Waals surface area contributed by atoms with Gasteiger partial charge in [-0.15, -0.1) is 10.2 Å². The molecule has 0 saturated carbocycles. The number of rotatable bonds is 5. The van der Waals surface area contributed by atoms with E-state index in [-0.39, 0.29) is 23.7 Å². The summed E-state index contributed by atoms with van der Waals surface area (Å²) in [5.41, 5.74) is 1.39. The Bertz CT molecular complexity index is 716. The summed E-state index contributed by atoms with van der Waals surface area (Å²) in [6, 6.07) is 3.48. The summed E-state index contributed by atoms with van der Waals surface area (Å²) in [6.45, 7) is 2.12. The number of likely N-dealkylation sites (N-methyl/N-ethyl adjacent to an activating group) is 1. The molecule has 1 fully saturated rings. The summed E-state index contributed by atoms with van der Waals surface area (Å²) in [6.07, 6.45) is 3.63. The molecule has 2 atom stereocenters. The molecule has 0 bridgehead atoms. The topological polar surface area (TPSA) is 97.2 Å². The van der Waals surface area contributed by atoms with Crippen LogP contribution in [0.1, 0.15) is 22.2 Å². The van der Waals surface area contributed by atoms with E-state index >= 15 is 0 Å². The van der Waals surface area contributed by atoms with Crippen molar-refractivity contribution < 1.29 is 9.53 Å². The SMILES string of the molecule is CNC(=O)c1ccc(NC[C@@H]2OCCN(C)[C@H]2c2cncn2C)nn1. The van der Waals surface area contributed by atoms with Gasteiger partial charge in [0.2, 0.25) is 0 Å². The Morgan fingerprint density at radius 1 is 1.36 bits per heavy atom. The van der Waals surface area contributed by atoms with Crippen LogP contribution >= 0.6 is 0 Å². The molecule has 9 nitrogen and oxygen atoms in total. The van der Waals surface area contributed by atoms with E-state index < -0.39 is 0 Å². The van der Waals surface area contributed by atoms with Crippen LogP contribution in [0.25, 0.3) is 0 Å². The van der Waals surface area contributed by atoms with Crippen molar-refractivity contribution in [3.05, 3.63) is 36.0 Å². The Labute approximate surface area is 146 Å². The molecular weight excluding hydrogens is 322 g/mol. The molecule has 9 heteroatoms. The Balaban J connectivity index is 1.68. The lowest BCUT2D eigenvalue weighted by Crippen LogP contribution is -2.46. The van der Waals surface area contributed by atoms with Crippen molar-refractivity contribution in [3.63, 3.8) is 0 Å². The third-order valence-electron chi connectivity index (χ3n) is 4.37. The first-order valence-electron chi connectivity index (χ1n) is 8.18. The number of anilines is 1. The molecule has 0 aliphatic carbocycles. The third-order valence-corrected chi connectivity index (χ3v) is 4.37. The minimum Gasteiger partial charge on any atom is -0.373 e. The number of morpholine rings is 1. The second kappa shape index (κ2) is 7.58. The molecule has 1 aliphatic heterocycles. The van der Waals surface area contributed by atoms with Gasteiger partial charge >= 0.3 is 0 Å². The summed E-state index contributed by atoms with van der Waals surface area (Å²) in [7, 11) is 5.63. The van der Waals surface area contributed by atoms with Gasteiger partial charge in [-0.3, -0.25) is 9.69 Å². The fourth-order valence-corrected chi connectivity index (χ4v) is 2.98. The Kier molecular flexibility index (Phi) is 5.25. The van der Waals surface area contributed by atoms with Crippen LogP contribution < -0.4 is 10.6 Å². The molecule has 0 unspecified atom stereocenters. The average molecular weight is 345 g/mol. The van der Waals surface area contributed by atoms with Crippen molar-refractivity contribution >= 4 is 11.7 Å². The van der Waals surface area contributed by atoms with Crippen molar-refractivity contribution in [1.29, 1.82) is 0 Å². The summed E-state index contributed by atoms with van der Waals surface area (Å²) in [4.78, 5) is 18.0. The molecule has 0 aromatic carbocycles. The predicted octanol–water partition coefficient (Wildman–Crippen LogP) is 0.0535. The average Bonchev–Trinajstić information content (AvgIpc) is 3.05. The number of aromatic nitrogens is 4. The number of aryl methyl sites for hydroxylation is 1. The van der Waals surface area contributed by atoms with E-state index in [1.165, 1.54) is 0 Å². The van der Waals surface area contributed by atoms with E-state index in [4.69, 9.17) is 4.74 Å². The molecule has 1 saturated heterocycles. The minimum absolute atomic E-state index is 0.0467. The molecular formula is C16H23N7O2. The molecule has 134 valence electrons. The Morgan fingerprint density at radius 3 is 2.84 bits per heavy atom. The monoisotopic (exact) mass is 345 g/mol. The Hall–Kier alpha value is -2.52. The first-order chi connectivity index (χ1) is 12.1. The van der Waals surface area contributed by atoms with Gasteiger partial charge in [0.05, 0.1) is 30.8 Å². The van der Waals surface area contributed by atoms with E-state index in [1.54, 1.807) is 25.5 Å². The smallest absolute Gasteiger partial charge is 0.271 e. The van der Waals surface area contributed by atoms with E-state index in [0.717, 1.165) is 12.2 Å². The highest BCUT2D eigenvalue weighted by molar-refractivity contribution is 5.91. The maximum Gasteiger partial charge on any atom is 0.271 e. The molecule has 0 radical (unpaired) electrons. The summed E-state index contributed by atoms with van der Waals surface area (Å²) in [5.74, 6) is 0.348. The maximum absolute atomic E-state index is 11.5. The number of amides is 1. The van der Waals surface area contributed by atoms with Crippen molar-refractivity contribution in [3.8, 4) is 0 Å². The van der Waals surface area contributed by atoms with Crippen LogP contribution in [0.4, 0.5) is 5.82 Å². The first kappa shape index (κ1) is 17.3. The summed E-state index contributed by atoms with van der Waals surface area (Å²) >= 11 is 0. The lowest BCUT2D eigenvalue weighted by atomic mass is 10.0. The molecule has 1 amide bonds. The van der Waals surface area contributed by atoms with Gasteiger partial charge in [-0.1, -0.05) is 0 Å². The molecule has 2 aromatic rings. The van der Waals surface area contributed by atoms with Crippen molar-refractivity contribution in [2.45, 2.75) is 12.1 Å².